The Morgan fingerprint density at radius 2 is 2.17 bits per heavy atom. The minimum atomic E-state index is -2.99. The zero-order valence-electron chi connectivity index (χ0n) is 14.6. The lowest BCUT2D eigenvalue weighted by atomic mass is 10.2. The molecule has 1 atom stereocenters. The van der Waals surface area contributed by atoms with Crippen molar-refractivity contribution in [2.24, 2.45) is 0 Å². The van der Waals surface area contributed by atoms with E-state index >= 15 is 0 Å². The Kier molecular flexibility index (Phi) is 6.74. The van der Waals surface area contributed by atoms with Crippen LogP contribution in [0.4, 0.5) is 0 Å². The number of amides is 1. The zero-order valence-corrected chi connectivity index (χ0v) is 16.2. The molecule has 1 unspecified atom stereocenters. The third-order valence-electron chi connectivity index (χ3n) is 4.38. The fourth-order valence-corrected chi connectivity index (χ4v) is 5.68. The first-order valence-corrected chi connectivity index (χ1v) is 11.3. The van der Waals surface area contributed by atoms with Crippen molar-refractivity contribution in [2.75, 3.05) is 23.8 Å². The summed E-state index contributed by atoms with van der Waals surface area (Å²) in [5.74, 6) is 2.15. The van der Waals surface area contributed by atoms with Crippen LogP contribution in [0.2, 0.25) is 0 Å². The molecule has 0 saturated carbocycles. The van der Waals surface area contributed by atoms with Gasteiger partial charge in [0.2, 0.25) is 5.91 Å². The summed E-state index contributed by atoms with van der Waals surface area (Å²) in [6.07, 6.45) is 2.44. The van der Waals surface area contributed by atoms with Gasteiger partial charge >= 0.3 is 0 Å². The molecule has 0 spiro atoms. The van der Waals surface area contributed by atoms with E-state index < -0.39 is 9.84 Å². The van der Waals surface area contributed by atoms with Crippen LogP contribution in [0.5, 0.6) is 0 Å². The molecule has 1 amide bonds. The summed E-state index contributed by atoms with van der Waals surface area (Å²) in [7, 11) is -2.99. The van der Waals surface area contributed by atoms with E-state index in [2.05, 4.69) is 12.1 Å². The standard InChI is InChI=1S/C16H26N2O4S2/c1-4-5-7-18(14-6-8-24(20,21)11-14)16(19)10-23-9-15-12(2)17-22-13(15)3/h14H,4-11H2,1-3H3. The van der Waals surface area contributed by atoms with E-state index in [1.807, 2.05) is 13.8 Å². The van der Waals surface area contributed by atoms with Gasteiger partial charge in [0, 0.05) is 23.9 Å². The maximum absolute atomic E-state index is 12.6. The van der Waals surface area contributed by atoms with Gasteiger partial charge in [-0.15, -0.1) is 11.8 Å². The highest BCUT2D eigenvalue weighted by atomic mass is 32.2. The lowest BCUT2D eigenvalue weighted by molar-refractivity contribution is -0.130. The van der Waals surface area contributed by atoms with E-state index in [1.165, 1.54) is 11.8 Å². The van der Waals surface area contributed by atoms with Gasteiger partial charge in [-0.05, 0) is 26.7 Å². The van der Waals surface area contributed by atoms with Crippen molar-refractivity contribution >= 4 is 27.5 Å². The van der Waals surface area contributed by atoms with Crippen molar-refractivity contribution in [1.29, 1.82) is 0 Å². The van der Waals surface area contributed by atoms with Gasteiger partial charge in [0.1, 0.15) is 5.76 Å². The van der Waals surface area contributed by atoms with Crippen molar-refractivity contribution in [3.8, 4) is 0 Å². The normalized spacial score (nSPS) is 19.5. The Morgan fingerprint density at radius 1 is 1.42 bits per heavy atom. The number of thioether (sulfide) groups is 1. The van der Waals surface area contributed by atoms with Crippen LogP contribution in [0.25, 0.3) is 0 Å². The molecule has 1 aromatic rings. The smallest absolute Gasteiger partial charge is 0.232 e. The highest BCUT2D eigenvalue weighted by molar-refractivity contribution is 7.99. The van der Waals surface area contributed by atoms with Crippen LogP contribution in [-0.4, -0.2) is 54.2 Å². The first-order valence-electron chi connectivity index (χ1n) is 8.33. The van der Waals surface area contributed by atoms with Crippen LogP contribution < -0.4 is 0 Å². The van der Waals surface area contributed by atoms with Crippen LogP contribution in [-0.2, 0) is 20.4 Å². The molecule has 1 saturated heterocycles. The average Bonchev–Trinajstić information content (AvgIpc) is 3.03. The number of sulfone groups is 1. The molecule has 1 fully saturated rings. The summed E-state index contributed by atoms with van der Waals surface area (Å²) in [5, 5.41) is 3.92. The highest BCUT2D eigenvalue weighted by Crippen LogP contribution is 2.22. The average molecular weight is 375 g/mol. The van der Waals surface area contributed by atoms with E-state index in [9.17, 15) is 13.2 Å². The first kappa shape index (κ1) is 19.3. The lowest BCUT2D eigenvalue weighted by Gasteiger charge is -2.28. The maximum Gasteiger partial charge on any atom is 0.232 e. The van der Waals surface area contributed by atoms with Crippen molar-refractivity contribution in [3.63, 3.8) is 0 Å². The molecule has 2 rings (SSSR count). The summed E-state index contributed by atoms with van der Waals surface area (Å²) in [6.45, 7) is 6.47. The summed E-state index contributed by atoms with van der Waals surface area (Å²) in [5.41, 5.74) is 1.90. The molecule has 1 aromatic heterocycles. The van der Waals surface area contributed by atoms with Crippen LogP contribution in [0, 0.1) is 13.8 Å². The van der Waals surface area contributed by atoms with Crippen molar-refractivity contribution < 1.29 is 17.7 Å². The van der Waals surface area contributed by atoms with E-state index in [-0.39, 0.29) is 23.5 Å². The SMILES string of the molecule is CCCCN(C(=O)CSCc1c(C)noc1C)C1CCS(=O)(=O)C1. The summed E-state index contributed by atoms with van der Waals surface area (Å²) in [6, 6.07) is -0.159. The minimum Gasteiger partial charge on any atom is -0.361 e. The highest BCUT2D eigenvalue weighted by Gasteiger charge is 2.34. The van der Waals surface area contributed by atoms with Gasteiger partial charge in [-0.2, -0.15) is 0 Å². The van der Waals surface area contributed by atoms with Crippen molar-refractivity contribution in [3.05, 3.63) is 17.0 Å². The zero-order chi connectivity index (χ0) is 17.7. The number of aryl methyl sites for hydroxylation is 2. The van der Waals surface area contributed by atoms with E-state index in [4.69, 9.17) is 4.52 Å². The Balaban J connectivity index is 1.92. The first-order chi connectivity index (χ1) is 11.3. The second-order valence-corrected chi connectivity index (χ2v) is 9.51. The van der Waals surface area contributed by atoms with Crippen molar-refractivity contribution in [2.45, 2.75) is 51.8 Å². The van der Waals surface area contributed by atoms with E-state index in [0.29, 0.717) is 24.5 Å². The molecule has 2 heterocycles. The number of nitrogens with zero attached hydrogens (tertiary/aromatic N) is 2. The Morgan fingerprint density at radius 3 is 2.71 bits per heavy atom. The molecule has 136 valence electrons. The van der Waals surface area contributed by atoms with Gasteiger partial charge in [-0.25, -0.2) is 8.42 Å². The predicted molar refractivity (Wildman–Crippen MR) is 95.8 cm³/mol. The fraction of sp³-hybridized carbons (Fsp3) is 0.750. The second kappa shape index (κ2) is 8.38. The maximum atomic E-state index is 12.6. The molecule has 24 heavy (non-hydrogen) atoms. The van der Waals surface area contributed by atoms with Crippen LogP contribution in [0.3, 0.4) is 0 Å². The molecule has 0 aliphatic carbocycles. The quantitative estimate of drug-likeness (QED) is 0.695. The number of hydrogen-bond donors (Lipinski definition) is 0. The molecule has 1 aliphatic heterocycles. The third kappa shape index (κ3) is 4.99. The Hall–Kier alpha value is -1.02. The monoisotopic (exact) mass is 374 g/mol. The summed E-state index contributed by atoms with van der Waals surface area (Å²) in [4.78, 5) is 14.4. The molecule has 1 aliphatic rings. The number of rotatable bonds is 8. The van der Waals surface area contributed by atoms with Gasteiger partial charge in [0.05, 0.1) is 23.0 Å². The Labute approximate surface area is 148 Å². The van der Waals surface area contributed by atoms with Gasteiger partial charge in [0.25, 0.3) is 0 Å². The fourth-order valence-electron chi connectivity index (χ4n) is 2.89. The molecule has 6 nitrogen and oxygen atoms in total. The molecule has 0 radical (unpaired) electrons. The number of hydrogen-bond acceptors (Lipinski definition) is 6. The third-order valence-corrected chi connectivity index (χ3v) is 7.07. The lowest BCUT2D eigenvalue weighted by Crippen LogP contribution is -2.42. The van der Waals surface area contributed by atoms with Crippen LogP contribution in [0.15, 0.2) is 4.52 Å². The number of carbonyl (C=O) groups excluding carboxylic acids is 1. The number of carbonyl (C=O) groups is 1. The van der Waals surface area contributed by atoms with E-state index in [1.54, 1.807) is 4.90 Å². The summed E-state index contributed by atoms with van der Waals surface area (Å²) >= 11 is 1.53. The Bertz CT molecular complexity index is 650. The van der Waals surface area contributed by atoms with Gasteiger partial charge in [-0.1, -0.05) is 18.5 Å². The molecule has 0 bridgehead atoms. The molecule has 0 aromatic carbocycles. The van der Waals surface area contributed by atoms with E-state index in [0.717, 1.165) is 29.9 Å². The van der Waals surface area contributed by atoms with Crippen molar-refractivity contribution in [1.82, 2.24) is 10.1 Å². The van der Waals surface area contributed by atoms with Crippen LogP contribution in [0.1, 0.15) is 43.2 Å². The van der Waals surface area contributed by atoms with Crippen LogP contribution >= 0.6 is 11.8 Å². The molecular weight excluding hydrogens is 348 g/mol. The predicted octanol–water partition coefficient (Wildman–Crippen LogP) is 2.34. The number of unbranched alkanes of at least 4 members (excludes halogenated alkanes) is 1. The number of aromatic nitrogens is 1. The minimum absolute atomic E-state index is 0.0299. The molecule has 0 N–H and O–H groups in total. The molecule has 8 heteroatoms. The van der Waals surface area contributed by atoms with Gasteiger partial charge in [0.15, 0.2) is 9.84 Å². The van der Waals surface area contributed by atoms with Gasteiger partial charge in [-0.3, -0.25) is 4.79 Å². The molecular formula is C16H26N2O4S2. The topological polar surface area (TPSA) is 80.5 Å². The summed E-state index contributed by atoms with van der Waals surface area (Å²) < 4.78 is 28.6. The van der Waals surface area contributed by atoms with Gasteiger partial charge < -0.3 is 9.42 Å². The second-order valence-electron chi connectivity index (χ2n) is 6.29. The largest absolute Gasteiger partial charge is 0.361 e.